The molecule has 2 aromatic rings. The van der Waals surface area contributed by atoms with Crippen LogP contribution >= 0.6 is 23.2 Å². The summed E-state index contributed by atoms with van der Waals surface area (Å²) in [6.45, 7) is -1.84. The van der Waals surface area contributed by atoms with Crippen LogP contribution in [0.2, 0.25) is 10.0 Å². The first-order chi connectivity index (χ1) is 15.9. The molecule has 0 bridgehead atoms. The average Bonchev–Trinajstić information content (AvgIpc) is 3.44. The van der Waals surface area contributed by atoms with E-state index in [4.69, 9.17) is 32.7 Å². The zero-order chi connectivity index (χ0) is 23.4. The molecule has 1 aromatic carbocycles. The largest absolute Gasteiger partial charge is 0.489 e. The molecule has 2 aliphatic rings. The third-order valence-electron chi connectivity index (χ3n) is 5.67. The molecule has 2 atom stereocenters. The highest BCUT2D eigenvalue weighted by atomic mass is 35.5. The van der Waals surface area contributed by atoms with Crippen LogP contribution < -0.4 is 14.8 Å². The number of nitrogens with zero attached hydrogens (tertiary/aromatic N) is 1. The molecule has 10 heteroatoms. The standard InChI is InChI=1S/C23H24Cl2F2N2O4/c24-16-10-28-11-17(25)15(16)9-20(32-22(30)18-2-1-7-29-18)14-5-6-19(33-23(26)27)21(8-14)31-12-13-3-4-13/h5-6,8,10-11,13,18,20,23,29H,1-4,7,9,12H2/t18-,20+/m0/s1. The molecule has 0 amide bonds. The van der Waals surface area contributed by atoms with Gasteiger partial charge in [0.2, 0.25) is 0 Å². The van der Waals surface area contributed by atoms with Gasteiger partial charge in [-0.1, -0.05) is 29.3 Å². The molecule has 0 spiro atoms. The number of rotatable bonds is 10. The molecule has 2 heterocycles. The van der Waals surface area contributed by atoms with Crippen molar-refractivity contribution in [3.8, 4) is 11.5 Å². The Balaban J connectivity index is 1.63. The number of carbonyl (C=O) groups excluding carboxylic acids is 1. The van der Waals surface area contributed by atoms with Gasteiger partial charge in [-0.15, -0.1) is 0 Å². The van der Waals surface area contributed by atoms with Gasteiger partial charge in [-0.3, -0.25) is 9.78 Å². The fraction of sp³-hybridized carbons (Fsp3) is 0.478. The fourth-order valence-corrected chi connectivity index (χ4v) is 4.20. The molecule has 178 valence electrons. The molecule has 2 fully saturated rings. The van der Waals surface area contributed by atoms with Crippen molar-refractivity contribution in [2.75, 3.05) is 13.2 Å². The van der Waals surface area contributed by atoms with Crippen LogP contribution in [-0.4, -0.2) is 36.8 Å². The second kappa shape index (κ2) is 10.8. The molecular weight excluding hydrogens is 477 g/mol. The van der Waals surface area contributed by atoms with Gasteiger partial charge in [-0.25, -0.2) is 0 Å². The summed E-state index contributed by atoms with van der Waals surface area (Å²) in [6, 6.07) is 4.14. The van der Waals surface area contributed by atoms with Crippen molar-refractivity contribution in [1.29, 1.82) is 0 Å². The summed E-state index contributed by atoms with van der Waals surface area (Å²) in [6.07, 6.45) is 5.96. The van der Waals surface area contributed by atoms with Gasteiger partial charge in [0.15, 0.2) is 11.5 Å². The number of benzene rings is 1. The molecule has 1 aromatic heterocycles. The molecule has 1 saturated heterocycles. The maximum atomic E-state index is 12.9. The average molecular weight is 501 g/mol. The Bertz CT molecular complexity index is 965. The third kappa shape index (κ3) is 6.46. The van der Waals surface area contributed by atoms with E-state index in [1.54, 1.807) is 12.1 Å². The van der Waals surface area contributed by atoms with Crippen molar-refractivity contribution in [3.05, 3.63) is 51.8 Å². The zero-order valence-corrected chi connectivity index (χ0v) is 19.2. The molecule has 1 N–H and O–H groups in total. The van der Waals surface area contributed by atoms with Gasteiger partial charge in [0.25, 0.3) is 0 Å². The molecule has 4 rings (SSSR count). The van der Waals surface area contributed by atoms with Crippen LogP contribution in [-0.2, 0) is 16.0 Å². The van der Waals surface area contributed by atoms with Crippen LogP contribution in [0.1, 0.15) is 42.9 Å². The summed E-state index contributed by atoms with van der Waals surface area (Å²) in [5, 5.41) is 3.79. The predicted octanol–water partition coefficient (Wildman–Crippen LogP) is 5.36. The second-order valence-corrected chi connectivity index (χ2v) is 9.01. The van der Waals surface area contributed by atoms with E-state index in [1.165, 1.54) is 18.5 Å². The summed E-state index contributed by atoms with van der Waals surface area (Å²) in [5.41, 5.74) is 1.12. The zero-order valence-electron chi connectivity index (χ0n) is 17.7. The first kappa shape index (κ1) is 24.0. The third-order valence-corrected chi connectivity index (χ3v) is 6.32. The SMILES string of the molecule is O=C(O[C@H](Cc1c(Cl)cncc1Cl)c1ccc(OC(F)F)c(OCC2CC2)c1)[C@@H]1CCCN1. The molecular formula is C23H24Cl2F2N2O4. The van der Waals surface area contributed by atoms with E-state index >= 15 is 0 Å². The number of aromatic nitrogens is 1. The number of ether oxygens (including phenoxy) is 3. The topological polar surface area (TPSA) is 69.7 Å². The first-order valence-corrected chi connectivity index (χ1v) is 11.6. The van der Waals surface area contributed by atoms with E-state index in [-0.39, 0.29) is 17.9 Å². The van der Waals surface area contributed by atoms with Gasteiger partial charge in [-0.2, -0.15) is 8.78 Å². The molecule has 33 heavy (non-hydrogen) atoms. The van der Waals surface area contributed by atoms with E-state index in [9.17, 15) is 13.6 Å². The first-order valence-electron chi connectivity index (χ1n) is 10.8. The maximum absolute atomic E-state index is 12.9. The maximum Gasteiger partial charge on any atom is 0.387 e. The lowest BCUT2D eigenvalue weighted by atomic mass is 10.0. The summed E-state index contributed by atoms with van der Waals surface area (Å²) in [5.74, 6) is 0.111. The lowest BCUT2D eigenvalue weighted by Crippen LogP contribution is -2.33. The van der Waals surface area contributed by atoms with Gasteiger partial charge in [0, 0.05) is 18.8 Å². The minimum absolute atomic E-state index is 0.0723. The summed E-state index contributed by atoms with van der Waals surface area (Å²) < 4.78 is 42.1. The van der Waals surface area contributed by atoms with Crippen molar-refractivity contribution in [2.24, 2.45) is 5.92 Å². The Morgan fingerprint density at radius 2 is 1.91 bits per heavy atom. The normalized spacial score (nSPS) is 18.9. The number of carbonyl (C=O) groups is 1. The van der Waals surface area contributed by atoms with E-state index in [0.29, 0.717) is 40.1 Å². The monoisotopic (exact) mass is 500 g/mol. The molecule has 0 unspecified atom stereocenters. The number of esters is 1. The van der Waals surface area contributed by atoms with Crippen molar-refractivity contribution < 1.29 is 27.8 Å². The summed E-state index contributed by atoms with van der Waals surface area (Å²) in [4.78, 5) is 16.8. The number of pyridine rings is 1. The predicted molar refractivity (Wildman–Crippen MR) is 119 cm³/mol. The lowest BCUT2D eigenvalue weighted by molar-refractivity contribution is -0.151. The van der Waals surface area contributed by atoms with Crippen LogP contribution in [0.25, 0.3) is 0 Å². The number of halogens is 4. The van der Waals surface area contributed by atoms with Crippen LogP contribution in [0, 0.1) is 5.92 Å². The highest BCUT2D eigenvalue weighted by molar-refractivity contribution is 6.35. The van der Waals surface area contributed by atoms with Crippen molar-refractivity contribution in [2.45, 2.75) is 50.9 Å². The van der Waals surface area contributed by atoms with Crippen LogP contribution in [0.5, 0.6) is 11.5 Å². The molecule has 1 saturated carbocycles. The van der Waals surface area contributed by atoms with Gasteiger partial charge in [-0.05, 0) is 61.4 Å². The molecule has 1 aliphatic heterocycles. The summed E-state index contributed by atoms with van der Waals surface area (Å²) >= 11 is 12.6. The number of hydrogen-bond acceptors (Lipinski definition) is 6. The second-order valence-electron chi connectivity index (χ2n) is 8.20. The Kier molecular flexibility index (Phi) is 7.88. The molecule has 6 nitrogen and oxygen atoms in total. The highest BCUT2D eigenvalue weighted by Crippen LogP contribution is 2.38. The van der Waals surface area contributed by atoms with Gasteiger partial charge >= 0.3 is 12.6 Å². The van der Waals surface area contributed by atoms with E-state index < -0.39 is 24.7 Å². The van der Waals surface area contributed by atoms with Crippen molar-refractivity contribution >= 4 is 29.2 Å². The van der Waals surface area contributed by atoms with E-state index in [0.717, 1.165) is 25.8 Å². The molecule has 0 radical (unpaired) electrons. The van der Waals surface area contributed by atoms with E-state index in [1.807, 2.05) is 0 Å². The van der Waals surface area contributed by atoms with E-state index in [2.05, 4.69) is 15.0 Å². The Morgan fingerprint density at radius 1 is 1.15 bits per heavy atom. The number of nitrogens with one attached hydrogen (secondary N) is 1. The smallest absolute Gasteiger partial charge is 0.387 e. The highest BCUT2D eigenvalue weighted by Gasteiger charge is 2.29. The van der Waals surface area contributed by atoms with Gasteiger partial charge in [0.1, 0.15) is 12.1 Å². The number of alkyl halides is 2. The Morgan fingerprint density at radius 3 is 2.55 bits per heavy atom. The van der Waals surface area contributed by atoms with Gasteiger partial charge < -0.3 is 19.5 Å². The van der Waals surface area contributed by atoms with Crippen LogP contribution in [0.3, 0.4) is 0 Å². The Labute approximate surface area is 200 Å². The van der Waals surface area contributed by atoms with Crippen molar-refractivity contribution in [3.63, 3.8) is 0 Å². The fourth-order valence-electron chi connectivity index (χ4n) is 3.68. The van der Waals surface area contributed by atoms with Gasteiger partial charge in [0.05, 0.1) is 16.7 Å². The lowest BCUT2D eigenvalue weighted by Gasteiger charge is -2.23. The number of hydrogen-bond donors (Lipinski definition) is 1. The van der Waals surface area contributed by atoms with Crippen LogP contribution in [0.15, 0.2) is 30.6 Å². The summed E-state index contributed by atoms with van der Waals surface area (Å²) in [7, 11) is 0. The molecule has 1 aliphatic carbocycles. The minimum atomic E-state index is -2.99. The quantitative estimate of drug-likeness (QED) is 0.443. The Hall–Kier alpha value is -2.16. The van der Waals surface area contributed by atoms with Crippen molar-refractivity contribution in [1.82, 2.24) is 10.3 Å². The minimum Gasteiger partial charge on any atom is -0.489 e. The van der Waals surface area contributed by atoms with Crippen LogP contribution in [0.4, 0.5) is 8.78 Å².